The van der Waals surface area contributed by atoms with E-state index in [1.165, 1.54) is 41.3 Å². The topological polar surface area (TPSA) is 27.8 Å². The molecule has 2 unspecified atom stereocenters. The van der Waals surface area contributed by atoms with Gasteiger partial charge >= 0.3 is 0 Å². The molecule has 0 amide bonds. The molecule has 3 heteroatoms. The number of aromatic amines is 1. The highest BCUT2D eigenvalue weighted by Gasteiger charge is 2.22. The Morgan fingerprint density at radius 3 is 2.73 bits per heavy atom. The number of unbranched alkanes of at least 4 members (excludes halogenated alkanes) is 1. The number of rotatable bonds is 6. The van der Waals surface area contributed by atoms with Crippen LogP contribution in [0.5, 0.6) is 0 Å². The predicted octanol–water partition coefficient (Wildman–Crippen LogP) is 5.85. The number of fused-ring (bicyclic) bond motifs is 1. The lowest BCUT2D eigenvalue weighted by Gasteiger charge is -2.29. The van der Waals surface area contributed by atoms with Crippen molar-refractivity contribution in [3.63, 3.8) is 0 Å². The lowest BCUT2D eigenvalue weighted by Crippen LogP contribution is -2.37. The number of benzene rings is 2. The van der Waals surface area contributed by atoms with Crippen LogP contribution in [0.15, 0.2) is 66.9 Å². The molecular formula is C23H25ClN2. The van der Waals surface area contributed by atoms with Crippen LogP contribution in [-0.4, -0.2) is 17.6 Å². The molecule has 0 bridgehead atoms. The summed E-state index contributed by atoms with van der Waals surface area (Å²) in [6, 6.07) is 17.4. The molecule has 0 fully saturated rings. The lowest BCUT2D eigenvalue weighted by atomic mass is 9.86. The molecule has 1 aliphatic rings. The Balaban J connectivity index is 1.34. The summed E-state index contributed by atoms with van der Waals surface area (Å²) in [5.74, 6) is 0.439. The number of aromatic nitrogens is 1. The van der Waals surface area contributed by atoms with Gasteiger partial charge in [-0.05, 0) is 48.6 Å². The number of halogens is 1. The van der Waals surface area contributed by atoms with E-state index in [4.69, 9.17) is 11.6 Å². The summed E-state index contributed by atoms with van der Waals surface area (Å²) >= 11 is 6.04. The van der Waals surface area contributed by atoms with E-state index in [1.54, 1.807) is 0 Å². The van der Waals surface area contributed by atoms with Gasteiger partial charge in [-0.1, -0.05) is 60.5 Å². The van der Waals surface area contributed by atoms with E-state index in [9.17, 15) is 0 Å². The monoisotopic (exact) mass is 364 g/mol. The molecule has 2 N–H and O–H groups in total. The van der Waals surface area contributed by atoms with E-state index in [0.717, 1.165) is 18.0 Å². The largest absolute Gasteiger partial charge is 0.361 e. The molecule has 1 aromatic heterocycles. The van der Waals surface area contributed by atoms with Crippen molar-refractivity contribution >= 4 is 22.5 Å². The Morgan fingerprint density at radius 2 is 1.85 bits per heavy atom. The van der Waals surface area contributed by atoms with Crippen LogP contribution >= 0.6 is 11.6 Å². The molecule has 3 aromatic rings. The number of hydrogen-bond acceptors (Lipinski definition) is 1. The van der Waals surface area contributed by atoms with Crippen molar-refractivity contribution in [3.05, 3.63) is 83.0 Å². The van der Waals surface area contributed by atoms with Gasteiger partial charge in [0.05, 0.1) is 0 Å². The summed E-state index contributed by atoms with van der Waals surface area (Å²) in [6.45, 7) is 0.969. The molecule has 134 valence electrons. The van der Waals surface area contributed by atoms with Gasteiger partial charge in [-0.2, -0.15) is 0 Å². The smallest absolute Gasteiger partial charge is 0.0456 e. The highest BCUT2D eigenvalue weighted by atomic mass is 35.5. The number of nitrogens with one attached hydrogen (secondary N) is 2. The van der Waals surface area contributed by atoms with Crippen LogP contribution in [0.4, 0.5) is 0 Å². The van der Waals surface area contributed by atoms with Crippen LogP contribution in [-0.2, 0) is 6.42 Å². The Kier molecular flexibility index (Phi) is 5.42. The highest BCUT2D eigenvalue weighted by molar-refractivity contribution is 6.30. The van der Waals surface area contributed by atoms with Crippen molar-refractivity contribution in [2.45, 2.75) is 37.6 Å². The molecule has 0 aliphatic carbocycles. The SMILES string of the molecule is Clc1ccc(C2C=CCNC2CCCCc2c[nH]c3ccccc23)cc1. The van der Waals surface area contributed by atoms with E-state index in [-0.39, 0.29) is 0 Å². The van der Waals surface area contributed by atoms with Crippen molar-refractivity contribution in [1.82, 2.24) is 10.3 Å². The Hall–Kier alpha value is -2.03. The van der Waals surface area contributed by atoms with Crippen molar-refractivity contribution in [2.75, 3.05) is 6.54 Å². The first-order chi connectivity index (χ1) is 12.8. The van der Waals surface area contributed by atoms with Gasteiger partial charge < -0.3 is 10.3 Å². The lowest BCUT2D eigenvalue weighted by molar-refractivity contribution is 0.432. The van der Waals surface area contributed by atoms with Gasteiger partial charge in [0, 0.05) is 40.6 Å². The van der Waals surface area contributed by atoms with Crippen LogP contribution in [0, 0.1) is 0 Å². The minimum Gasteiger partial charge on any atom is -0.361 e. The number of hydrogen-bond donors (Lipinski definition) is 2. The molecule has 0 saturated heterocycles. The molecule has 2 heterocycles. The molecule has 0 spiro atoms. The van der Waals surface area contributed by atoms with Crippen LogP contribution in [0.3, 0.4) is 0 Å². The Morgan fingerprint density at radius 1 is 1.00 bits per heavy atom. The van der Waals surface area contributed by atoms with Gasteiger partial charge in [-0.25, -0.2) is 0 Å². The first-order valence-corrected chi connectivity index (χ1v) is 9.89. The highest BCUT2D eigenvalue weighted by Crippen LogP contribution is 2.28. The zero-order chi connectivity index (χ0) is 17.8. The van der Waals surface area contributed by atoms with Crippen molar-refractivity contribution in [3.8, 4) is 0 Å². The first kappa shape index (κ1) is 17.4. The average molecular weight is 365 g/mol. The maximum absolute atomic E-state index is 6.04. The van der Waals surface area contributed by atoms with E-state index < -0.39 is 0 Å². The third kappa shape index (κ3) is 3.87. The fourth-order valence-corrected chi connectivity index (χ4v) is 4.15. The Labute approximate surface area is 160 Å². The summed E-state index contributed by atoms with van der Waals surface area (Å²) in [6.07, 6.45) is 11.5. The van der Waals surface area contributed by atoms with E-state index in [2.05, 4.69) is 65.0 Å². The van der Waals surface area contributed by atoms with E-state index >= 15 is 0 Å². The second-order valence-electron chi connectivity index (χ2n) is 7.13. The molecule has 26 heavy (non-hydrogen) atoms. The van der Waals surface area contributed by atoms with Crippen LogP contribution in [0.25, 0.3) is 10.9 Å². The Bertz CT molecular complexity index is 879. The average Bonchev–Trinajstić information content (AvgIpc) is 3.09. The van der Waals surface area contributed by atoms with Gasteiger partial charge in [-0.15, -0.1) is 0 Å². The third-order valence-corrected chi connectivity index (χ3v) is 5.67. The van der Waals surface area contributed by atoms with Crippen LogP contribution in [0.2, 0.25) is 5.02 Å². The predicted molar refractivity (Wildman–Crippen MR) is 111 cm³/mol. The zero-order valence-corrected chi connectivity index (χ0v) is 15.7. The number of aryl methyl sites for hydroxylation is 1. The van der Waals surface area contributed by atoms with E-state index in [0.29, 0.717) is 12.0 Å². The molecular weight excluding hydrogens is 340 g/mol. The van der Waals surface area contributed by atoms with Gasteiger partial charge in [0.1, 0.15) is 0 Å². The van der Waals surface area contributed by atoms with Gasteiger partial charge in [0.25, 0.3) is 0 Å². The fourth-order valence-electron chi connectivity index (χ4n) is 4.02. The van der Waals surface area contributed by atoms with Gasteiger partial charge in [0.2, 0.25) is 0 Å². The second-order valence-corrected chi connectivity index (χ2v) is 7.56. The number of H-pyrrole nitrogens is 1. The standard InChI is InChI=1S/C23H25ClN2/c24-19-13-11-17(12-14-19)20-8-5-15-25-22(20)9-3-1-6-18-16-26-23-10-4-2-7-21(18)23/h2,4-5,7-8,10-14,16,20,22,25-26H,1,3,6,9,15H2. The maximum atomic E-state index is 6.04. The minimum absolute atomic E-state index is 0.439. The molecule has 0 radical (unpaired) electrons. The third-order valence-electron chi connectivity index (χ3n) is 5.42. The zero-order valence-electron chi connectivity index (χ0n) is 14.9. The summed E-state index contributed by atoms with van der Waals surface area (Å²) in [5.41, 5.74) is 4.02. The van der Waals surface area contributed by atoms with Crippen molar-refractivity contribution in [1.29, 1.82) is 0 Å². The summed E-state index contributed by atoms with van der Waals surface area (Å²) in [5, 5.41) is 5.85. The normalized spacial score (nSPS) is 19.9. The summed E-state index contributed by atoms with van der Waals surface area (Å²) in [4.78, 5) is 3.38. The summed E-state index contributed by atoms with van der Waals surface area (Å²) < 4.78 is 0. The van der Waals surface area contributed by atoms with E-state index in [1.807, 2.05) is 12.1 Å². The van der Waals surface area contributed by atoms with Crippen LogP contribution in [0.1, 0.15) is 36.3 Å². The fraction of sp³-hybridized carbons (Fsp3) is 0.304. The molecule has 1 aliphatic heterocycles. The van der Waals surface area contributed by atoms with Crippen LogP contribution < -0.4 is 5.32 Å². The van der Waals surface area contributed by atoms with Crippen molar-refractivity contribution < 1.29 is 0 Å². The first-order valence-electron chi connectivity index (χ1n) is 9.52. The van der Waals surface area contributed by atoms with Crippen molar-refractivity contribution in [2.24, 2.45) is 0 Å². The maximum Gasteiger partial charge on any atom is 0.0456 e. The van der Waals surface area contributed by atoms with Gasteiger partial charge in [-0.3, -0.25) is 0 Å². The minimum atomic E-state index is 0.439. The molecule has 0 saturated carbocycles. The molecule has 2 aromatic carbocycles. The molecule has 4 rings (SSSR count). The summed E-state index contributed by atoms with van der Waals surface area (Å²) in [7, 11) is 0. The number of para-hydroxylation sites is 1. The van der Waals surface area contributed by atoms with Gasteiger partial charge in [0.15, 0.2) is 0 Å². The second kappa shape index (κ2) is 8.11. The quantitative estimate of drug-likeness (QED) is 0.417. The molecule has 2 nitrogen and oxygen atoms in total. The molecule has 2 atom stereocenters.